The monoisotopic (exact) mass is 292 g/mol. The fourth-order valence-corrected chi connectivity index (χ4v) is 3.61. The van der Waals surface area contributed by atoms with E-state index < -0.39 is 0 Å². The van der Waals surface area contributed by atoms with E-state index in [0.29, 0.717) is 6.04 Å². The molecule has 0 radical (unpaired) electrons. The molecule has 2 fully saturated rings. The van der Waals surface area contributed by atoms with Crippen LogP contribution in [0.2, 0.25) is 0 Å². The van der Waals surface area contributed by atoms with Gasteiger partial charge in [0.05, 0.1) is 18.3 Å². The zero-order valence-electron chi connectivity index (χ0n) is 13.0. The van der Waals surface area contributed by atoms with Crippen molar-refractivity contribution in [2.75, 3.05) is 39.3 Å². The van der Waals surface area contributed by atoms with Gasteiger partial charge >= 0.3 is 0 Å². The van der Waals surface area contributed by atoms with E-state index in [-0.39, 0.29) is 6.61 Å². The number of aliphatic hydroxyl groups excluding tert-OH is 1. The van der Waals surface area contributed by atoms with Crippen LogP contribution >= 0.6 is 0 Å². The summed E-state index contributed by atoms with van der Waals surface area (Å²) in [6.45, 7) is 6.43. The molecule has 0 aromatic carbocycles. The van der Waals surface area contributed by atoms with Gasteiger partial charge in [0.2, 0.25) is 0 Å². The van der Waals surface area contributed by atoms with E-state index in [0.717, 1.165) is 39.3 Å². The lowest BCUT2D eigenvalue weighted by atomic mass is 10.3. The average Bonchev–Trinajstić information content (AvgIpc) is 3.10. The second kappa shape index (κ2) is 7.38. The molecule has 0 amide bonds. The summed E-state index contributed by atoms with van der Waals surface area (Å²) in [4.78, 5) is 4.86. The minimum Gasteiger partial charge on any atom is -0.395 e. The third kappa shape index (κ3) is 4.05. The minimum absolute atomic E-state index is 0.270. The molecule has 0 spiro atoms. The van der Waals surface area contributed by atoms with Gasteiger partial charge < -0.3 is 5.11 Å². The molecule has 1 aliphatic carbocycles. The third-order valence-electron chi connectivity index (χ3n) is 4.85. The first-order valence-corrected chi connectivity index (χ1v) is 8.45. The molecule has 21 heavy (non-hydrogen) atoms. The van der Waals surface area contributed by atoms with E-state index in [1.165, 1.54) is 37.8 Å². The van der Waals surface area contributed by atoms with Gasteiger partial charge in [-0.3, -0.25) is 14.5 Å². The number of hydrogen-bond acceptors (Lipinski definition) is 4. The molecular weight excluding hydrogens is 264 g/mol. The highest BCUT2D eigenvalue weighted by Crippen LogP contribution is 2.28. The van der Waals surface area contributed by atoms with E-state index in [4.69, 9.17) is 10.2 Å². The predicted octanol–water partition coefficient (Wildman–Crippen LogP) is 1.50. The fraction of sp³-hybridized carbons (Fsp3) is 0.812. The topological polar surface area (TPSA) is 44.5 Å². The highest BCUT2D eigenvalue weighted by molar-refractivity contribution is 5.00. The first-order chi connectivity index (χ1) is 10.3. The largest absolute Gasteiger partial charge is 0.395 e. The van der Waals surface area contributed by atoms with Gasteiger partial charge in [-0.2, -0.15) is 5.10 Å². The molecule has 2 heterocycles. The van der Waals surface area contributed by atoms with Gasteiger partial charge in [-0.15, -0.1) is 0 Å². The summed E-state index contributed by atoms with van der Waals surface area (Å²) >= 11 is 0. The molecule has 1 aliphatic heterocycles. The second-order valence-corrected chi connectivity index (χ2v) is 6.42. The van der Waals surface area contributed by atoms with E-state index in [1.54, 1.807) is 0 Å². The van der Waals surface area contributed by atoms with Crippen LogP contribution in [0.4, 0.5) is 0 Å². The molecule has 1 aromatic rings. The molecule has 0 bridgehead atoms. The molecule has 1 N–H and O–H groups in total. The number of rotatable bonds is 5. The van der Waals surface area contributed by atoms with Crippen LogP contribution < -0.4 is 0 Å². The zero-order chi connectivity index (χ0) is 14.5. The SMILES string of the molecule is OCCN1CCCN(Cc2ccn(C3CCCC3)n2)CC1. The lowest BCUT2D eigenvalue weighted by Gasteiger charge is -2.20. The summed E-state index contributed by atoms with van der Waals surface area (Å²) in [5, 5.41) is 13.8. The van der Waals surface area contributed by atoms with E-state index in [2.05, 4.69) is 26.7 Å². The van der Waals surface area contributed by atoms with Crippen molar-refractivity contribution in [2.24, 2.45) is 0 Å². The number of aromatic nitrogens is 2. The number of aliphatic hydroxyl groups is 1. The molecule has 118 valence electrons. The van der Waals surface area contributed by atoms with Crippen molar-refractivity contribution in [1.82, 2.24) is 19.6 Å². The fourth-order valence-electron chi connectivity index (χ4n) is 3.61. The summed E-state index contributed by atoms with van der Waals surface area (Å²) in [5.74, 6) is 0. The van der Waals surface area contributed by atoms with Crippen LogP contribution in [0.5, 0.6) is 0 Å². The van der Waals surface area contributed by atoms with Crippen molar-refractivity contribution in [3.63, 3.8) is 0 Å². The normalized spacial score (nSPS) is 22.7. The van der Waals surface area contributed by atoms with Crippen molar-refractivity contribution in [2.45, 2.75) is 44.7 Å². The lowest BCUT2D eigenvalue weighted by Crippen LogP contribution is -2.32. The highest BCUT2D eigenvalue weighted by Gasteiger charge is 2.19. The molecular formula is C16H28N4O. The second-order valence-electron chi connectivity index (χ2n) is 6.42. The maximum atomic E-state index is 9.05. The minimum atomic E-state index is 0.270. The van der Waals surface area contributed by atoms with Crippen molar-refractivity contribution in [3.05, 3.63) is 18.0 Å². The molecule has 1 saturated heterocycles. The zero-order valence-corrected chi connectivity index (χ0v) is 13.0. The summed E-state index contributed by atoms with van der Waals surface area (Å²) < 4.78 is 2.19. The van der Waals surface area contributed by atoms with Gasteiger partial charge in [0.1, 0.15) is 0 Å². The molecule has 0 atom stereocenters. The number of β-amino-alcohol motifs (C(OH)–C–C–N with tert-alkyl or cyclic N) is 1. The summed E-state index contributed by atoms with van der Waals surface area (Å²) in [6, 6.07) is 2.83. The molecule has 5 heteroatoms. The van der Waals surface area contributed by atoms with E-state index >= 15 is 0 Å². The Kier molecular flexibility index (Phi) is 5.27. The van der Waals surface area contributed by atoms with Gasteiger partial charge in [0, 0.05) is 32.4 Å². The van der Waals surface area contributed by atoms with Crippen LogP contribution in [0.1, 0.15) is 43.8 Å². The van der Waals surface area contributed by atoms with Crippen LogP contribution in [0.15, 0.2) is 12.3 Å². The van der Waals surface area contributed by atoms with Gasteiger partial charge in [0.15, 0.2) is 0 Å². The average molecular weight is 292 g/mol. The molecule has 5 nitrogen and oxygen atoms in total. The molecule has 2 aliphatic rings. The number of nitrogens with zero attached hydrogens (tertiary/aromatic N) is 4. The Labute approximate surface area is 127 Å². The van der Waals surface area contributed by atoms with Crippen molar-refractivity contribution < 1.29 is 5.11 Å². The Morgan fingerprint density at radius 3 is 2.62 bits per heavy atom. The Hall–Kier alpha value is -0.910. The van der Waals surface area contributed by atoms with Crippen molar-refractivity contribution in [3.8, 4) is 0 Å². The Bertz CT molecular complexity index is 428. The summed E-state index contributed by atoms with van der Waals surface area (Å²) in [7, 11) is 0. The van der Waals surface area contributed by atoms with Crippen LogP contribution in [0.3, 0.4) is 0 Å². The number of hydrogen-bond donors (Lipinski definition) is 1. The molecule has 1 saturated carbocycles. The molecule has 0 unspecified atom stereocenters. The van der Waals surface area contributed by atoms with Gasteiger partial charge in [-0.05, 0) is 38.4 Å². The molecule has 1 aromatic heterocycles. The summed E-state index contributed by atoms with van der Waals surface area (Å²) in [6.07, 6.45) is 8.64. The van der Waals surface area contributed by atoms with Crippen molar-refractivity contribution in [1.29, 1.82) is 0 Å². The van der Waals surface area contributed by atoms with Crippen LogP contribution in [0, 0.1) is 0 Å². The standard InChI is InChI=1S/C16H28N4O/c21-13-12-18-7-3-8-19(11-10-18)14-15-6-9-20(17-15)16-4-1-2-5-16/h6,9,16,21H,1-5,7-8,10-14H2. The highest BCUT2D eigenvalue weighted by atomic mass is 16.3. The van der Waals surface area contributed by atoms with Crippen molar-refractivity contribution >= 4 is 0 Å². The lowest BCUT2D eigenvalue weighted by molar-refractivity contribution is 0.195. The smallest absolute Gasteiger partial charge is 0.0764 e. The maximum absolute atomic E-state index is 9.05. The Morgan fingerprint density at radius 1 is 1.05 bits per heavy atom. The van der Waals surface area contributed by atoms with Gasteiger partial charge in [-0.25, -0.2) is 0 Å². The first kappa shape index (κ1) is 15.0. The van der Waals surface area contributed by atoms with Gasteiger partial charge in [0.25, 0.3) is 0 Å². The third-order valence-corrected chi connectivity index (χ3v) is 4.85. The summed E-state index contributed by atoms with van der Waals surface area (Å²) in [5.41, 5.74) is 1.21. The van der Waals surface area contributed by atoms with E-state index in [9.17, 15) is 0 Å². The quantitative estimate of drug-likeness (QED) is 0.893. The Morgan fingerprint density at radius 2 is 1.81 bits per heavy atom. The van der Waals surface area contributed by atoms with Crippen LogP contribution in [-0.4, -0.2) is 64.0 Å². The first-order valence-electron chi connectivity index (χ1n) is 8.45. The molecule has 3 rings (SSSR count). The van der Waals surface area contributed by atoms with Gasteiger partial charge in [-0.1, -0.05) is 12.8 Å². The van der Waals surface area contributed by atoms with Crippen LogP contribution in [0.25, 0.3) is 0 Å². The predicted molar refractivity (Wildman–Crippen MR) is 83.2 cm³/mol. The van der Waals surface area contributed by atoms with Crippen LogP contribution in [-0.2, 0) is 6.54 Å². The van der Waals surface area contributed by atoms with E-state index in [1.807, 2.05) is 0 Å². The maximum Gasteiger partial charge on any atom is 0.0764 e. The Balaban J connectivity index is 1.51.